The van der Waals surface area contributed by atoms with E-state index in [0.29, 0.717) is 17.9 Å². The molecule has 28 heavy (non-hydrogen) atoms. The van der Waals surface area contributed by atoms with E-state index in [0.717, 1.165) is 11.3 Å². The zero-order valence-corrected chi connectivity index (χ0v) is 15.6. The largest absolute Gasteiger partial charge is 0.457 e. The van der Waals surface area contributed by atoms with Crippen LogP contribution < -0.4 is 15.4 Å². The van der Waals surface area contributed by atoms with Crippen LogP contribution in [0.3, 0.4) is 0 Å². The van der Waals surface area contributed by atoms with Gasteiger partial charge in [-0.25, -0.2) is 0 Å². The van der Waals surface area contributed by atoms with E-state index in [9.17, 15) is 9.59 Å². The summed E-state index contributed by atoms with van der Waals surface area (Å²) >= 11 is 0. The first-order valence-electron chi connectivity index (χ1n) is 9.07. The summed E-state index contributed by atoms with van der Waals surface area (Å²) in [5.74, 6) is 0.815. The fourth-order valence-electron chi connectivity index (χ4n) is 2.58. The Labute approximate surface area is 164 Å². The molecule has 2 amide bonds. The van der Waals surface area contributed by atoms with Crippen LogP contribution in [-0.2, 0) is 11.3 Å². The molecule has 0 aromatic heterocycles. The summed E-state index contributed by atoms with van der Waals surface area (Å²) < 4.78 is 5.71. The molecule has 3 aromatic rings. The third-order valence-corrected chi connectivity index (χ3v) is 4.15. The predicted molar refractivity (Wildman–Crippen MR) is 108 cm³/mol. The van der Waals surface area contributed by atoms with Gasteiger partial charge in [0.2, 0.25) is 5.91 Å². The Bertz CT molecular complexity index is 910. The lowest BCUT2D eigenvalue weighted by Gasteiger charge is -2.14. The molecule has 1 unspecified atom stereocenters. The van der Waals surface area contributed by atoms with Crippen molar-refractivity contribution < 1.29 is 14.3 Å². The van der Waals surface area contributed by atoms with Crippen LogP contribution in [0.2, 0.25) is 0 Å². The Balaban J connectivity index is 1.51. The molecule has 5 nitrogen and oxygen atoms in total. The Hall–Kier alpha value is -3.60. The fraction of sp³-hybridized carbons (Fsp3) is 0.130. The van der Waals surface area contributed by atoms with Gasteiger partial charge in [-0.1, -0.05) is 48.5 Å². The third-order valence-electron chi connectivity index (χ3n) is 4.15. The highest BCUT2D eigenvalue weighted by atomic mass is 16.5. The standard InChI is InChI=1S/C23H22N2O3/c1-17(22(26)24-16-18-8-4-2-5-9-18)25-23(27)19-12-14-21(15-13-19)28-20-10-6-3-7-11-20/h2-15,17H,16H2,1H3,(H,24,26)(H,25,27). The average molecular weight is 374 g/mol. The molecule has 0 spiro atoms. The van der Waals surface area contributed by atoms with E-state index in [1.165, 1.54) is 0 Å². The molecule has 0 aliphatic rings. The molecule has 0 bridgehead atoms. The van der Waals surface area contributed by atoms with E-state index < -0.39 is 6.04 Å². The summed E-state index contributed by atoms with van der Waals surface area (Å²) in [6.07, 6.45) is 0. The van der Waals surface area contributed by atoms with Gasteiger partial charge in [0.15, 0.2) is 0 Å². The summed E-state index contributed by atoms with van der Waals surface area (Å²) in [5, 5.41) is 5.53. The SMILES string of the molecule is CC(NC(=O)c1ccc(Oc2ccccc2)cc1)C(=O)NCc1ccccc1. The van der Waals surface area contributed by atoms with Gasteiger partial charge in [0.1, 0.15) is 17.5 Å². The summed E-state index contributed by atoms with van der Waals surface area (Å²) in [4.78, 5) is 24.6. The topological polar surface area (TPSA) is 67.4 Å². The molecule has 2 N–H and O–H groups in total. The molecule has 0 fully saturated rings. The fourth-order valence-corrected chi connectivity index (χ4v) is 2.58. The summed E-state index contributed by atoms with van der Waals surface area (Å²) in [6.45, 7) is 2.08. The van der Waals surface area contributed by atoms with Crippen LogP contribution in [0.15, 0.2) is 84.9 Å². The number of rotatable bonds is 7. The highest BCUT2D eigenvalue weighted by Gasteiger charge is 2.16. The second kappa shape index (κ2) is 9.37. The van der Waals surface area contributed by atoms with Gasteiger partial charge in [-0.15, -0.1) is 0 Å². The molecule has 0 aliphatic carbocycles. The molecular weight excluding hydrogens is 352 g/mol. The van der Waals surface area contributed by atoms with E-state index in [1.807, 2.05) is 60.7 Å². The molecule has 3 aromatic carbocycles. The van der Waals surface area contributed by atoms with Gasteiger partial charge >= 0.3 is 0 Å². The average Bonchev–Trinajstić information content (AvgIpc) is 2.74. The van der Waals surface area contributed by atoms with E-state index in [-0.39, 0.29) is 11.8 Å². The second-order valence-electron chi connectivity index (χ2n) is 6.34. The lowest BCUT2D eigenvalue weighted by atomic mass is 10.2. The zero-order chi connectivity index (χ0) is 19.8. The highest BCUT2D eigenvalue weighted by Crippen LogP contribution is 2.21. The Morgan fingerprint density at radius 1 is 0.821 bits per heavy atom. The van der Waals surface area contributed by atoms with Crippen LogP contribution in [0.1, 0.15) is 22.8 Å². The van der Waals surface area contributed by atoms with Crippen molar-refractivity contribution in [3.8, 4) is 11.5 Å². The van der Waals surface area contributed by atoms with Crippen LogP contribution in [0, 0.1) is 0 Å². The molecule has 0 aliphatic heterocycles. The number of carbonyl (C=O) groups excluding carboxylic acids is 2. The van der Waals surface area contributed by atoms with Crippen LogP contribution in [-0.4, -0.2) is 17.9 Å². The normalized spacial score (nSPS) is 11.3. The molecule has 0 heterocycles. The first kappa shape index (κ1) is 19.2. The van der Waals surface area contributed by atoms with Gasteiger partial charge < -0.3 is 15.4 Å². The van der Waals surface area contributed by atoms with Crippen LogP contribution >= 0.6 is 0 Å². The van der Waals surface area contributed by atoms with Crippen molar-refractivity contribution in [2.45, 2.75) is 19.5 Å². The predicted octanol–water partition coefficient (Wildman–Crippen LogP) is 3.91. The minimum Gasteiger partial charge on any atom is -0.457 e. The van der Waals surface area contributed by atoms with Crippen molar-refractivity contribution in [1.29, 1.82) is 0 Å². The first-order chi connectivity index (χ1) is 13.6. The molecular formula is C23H22N2O3. The number of nitrogens with one attached hydrogen (secondary N) is 2. The van der Waals surface area contributed by atoms with E-state index in [4.69, 9.17) is 4.74 Å². The van der Waals surface area contributed by atoms with Crippen LogP contribution in [0.5, 0.6) is 11.5 Å². The molecule has 0 radical (unpaired) electrons. The van der Waals surface area contributed by atoms with E-state index >= 15 is 0 Å². The zero-order valence-electron chi connectivity index (χ0n) is 15.6. The number of amides is 2. The minimum atomic E-state index is -0.642. The number of hydrogen-bond acceptors (Lipinski definition) is 3. The second-order valence-corrected chi connectivity index (χ2v) is 6.34. The lowest BCUT2D eigenvalue weighted by molar-refractivity contribution is -0.122. The number of benzene rings is 3. The van der Waals surface area contributed by atoms with Gasteiger partial charge in [0.05, 0.1) is 0 Å². The number of hydrogen-bond donors (Lipinski definition) is 2. The third kappa shape index (κ3) is 5.45. The summed E-state index contributed by atoms with van der Waals surface area (Å²) in [7, 11) is 0. The maximum Gasteiger partial charge on any atom is 0.251 e. The van der Waals surface area contributed by atoms with Crippen LogP contribution in [0.25, 0.3) is 0 Å². The first-order valence-corrected chi connectivity index (χ1v) is 9.07. The smallest absolute Gasteiger partial charge is 0.251 e. The van der Waals surface area contributed by atoms with Gasteiger partial charge in [0, 0.05) is 12.1 Å². The van der Waals surface area contributed by atoms with Gasteiger partial charge in [0.25, 0.3) is 5.91 Å². The Kier molecular flexibility index (Phi) is 6.41. The van der Waals surface area contributed by atoms with Crippen molar-refractivity contribution in [3.05, 3.63) is 96.1 Å². The minimum absolute atomic E-state index is 0.235. The van der Waals surface area contributed by atoms with Crippen molar-refractivity contribution in [2.24, 2.45) is 0 Å². The number of para-hydroxylation sites is 1. The summed E-state index contributed by atoms with van der Waals surface area (Å²) in [5.41, 5.74) is 1.46. The summed E-state index contributed by atoms with van der Waals surface area (Å²) in [6, 6.07) is 25.2. The van der Waals surface area contributed by atoms with Crippen molar-refractivity contribution in [2.75, 3.05) is 0 Å². The maximum atomic E-state index is 12.4. The van der Waals surface area contributed by atoms with Gasteiger partial charge in [-0.05, 0) is 48.9 Å². The number of ether oxygens (including phenoxy) is 1. The van der Waals surface area contributed by atoms with Gasteiger partial charge in [-0.2, -0.15) is 0 Å². The van der Waals surface area contributed by atoms with E-state index in [1.54, 1.807) is 31.2 Å². The number of carbonyl (C=O) groups is 2. The molecule has 0 saturated carbocycles. The van der Waals surface area contributed by atoms with Gasteiger partial charge in [-0.3, -0.25) is 9.59 Å². The highest BCUT2D eigenvalue weighted by molar-refractivity contribution is 5.97. The van der Waals surface area contributed by atoms with Crippen molar-refractivity contribution in [1.82, 2.24) is 10.6 Å². The molecule has 0 saturated heterocycles. The van der Waals surface area contributed by atoms with E-state index in [2.05, 4.69) is 10.6 Å². The quantitative estimate of drug-likeness (QED) is 0.659. The van der Waals surface area contributed by atoms with Crippen molar-refractivity contribution >= 4 is 11.8 Å². The maximum absolute atomic E-state index is 12.4. The molecule has 1 atom stereocenters. The Morgan fingerprint density at radius 3 is 2.04 bits per heavy atom. The van der Waals surface area contributed by atoms with Crippen LogP contribution in [0.4, 0.5) is 0 Å². The Morgan fingerprint density at radius 2 is 1.39 bits per heavy atom. The molecule has 3 rings (SSSR count). The van der Waals surface area contributed by atoms with Crippen molar-refractivity contribution in [3.63, 3.8) is 0 Å². The monoisotopic (exact) mass is 374 g/mol. The lowest BCUT2D eigenvalue weighted by Crippen LogP contribution is -2.44. The molecule has 142 valence electrons. The molecule has 5 heteroatoms.